The van der Waals surface area contributed by atoms with Crippen LogP contribution in [0.1, 0.15) is 21.5 Å². The molecule has 1 aromatic heterocycles. The standard InChI is InChI=1S/C20H17ClN2O3S2/c21-17-6-3-15(4-7-17)20(24)22-18-8-5-14-9-10-23(13-16(14)12-18)28(25,26)19-2-1-11-27-19/h1-8,11-12H,9-10,13H2,(H,22,24). The van der Waals surface area contributed by atoms with Crippen molar-refractivity contribution in [2.24, 2.45) is 0 Å². The lowest BCUT2D eigenvalue weighted by Gasteiger charge is -2.28. The Balaban J connectivity index is 1.54. The third kappa shape index (κ3) is 3.84. The number of halogens is 1. The SMILES string of the molecule is O=C(Nc1ccc2c(c1)CN(S(=O)(=O)c1cccs1)CC2)c1ccc(Cl)cc1. The molecule has 3 aromatic rings. The normalized spacial score (nSPS) is 14.5. The molecule has 0 spiro atoms. The van der Waals surface area contributed by atoms with E-state index in [4.69, 9.17) is 11.6 Å². The van der Waals surface area contributed by atoms with Gasteiger partial charge < -0.3 is 5.32 Å². The molecule has 1 aliphatic rings. The van der Waals surface area contributed by atoms with Crippen LogP contribution in [0.5, 0.6) is 0 Å². The average Bonchev–Trinajstić information content (AvgIpc) is 3.23. The quantitative estimate of drug-likeness (QED) is 0.664. The van der Waals surface area contributed by atoms with Crippen molar-refractivity contribution in [2.75, 3.05) is 11.9 Å². The molecule has 0 saturated heterocycles. The van der Waals surface area contributed by atoms with Crippen LogP contribution in [0.15, 0.2) is 64.2 Å². The number of amides is 1. The second-order valence-corrected chi connectivity index (χ2v) is 10.0. The van der Waals surface area contributed by atoms with Gasteiger partial charge in [-0.25, -0.2) is 8.42 Å². The average molecular weight is 433 g/mol. The van der Waals surface area contributed by atoms with Crippen LogP contribution in [0.2, 0.25) is 5.02 Å². The Bertz CT molecular complexity index is 1110. The first-order valence-corrected chi connectivity index (χ1v) is 11.4. The van der Waals surface area contributed by atoms with Crippen molar-refractivity contribution in [1.29, 1.82) is 0 Å². The molecule has 0 unspecified atom stereocenters. The number of rotatable bonds is 4. The topological polar surface area (TPSA) is 66.5 Å². The van der Waals surface area contributed by atoms with E-state index < -0.39 is 10.0 Å². The number of nitrogens with zero attached hydrogens (tertiary/aromatic N) is 1. The summed E-state index contributed by atoms with van der Waals surface area (Å²) in [4.78, 5) is 12.4. The first kappa shape index (κ1) is 19.1. The highest BCUT2D eigenvalue weighted by atomic mass is 35.5. The third-order valence-corrected chi connectivity index (χ3v) is 8.11. The Morgan fingerprint density at radius 2 is 1.86 bits per heavy atom. The minimum atomic E-state index is -3.49. The Morgan fingerprint density at radius 3 is 2.57 bits per heavy atom. The Morgan fingerprint density at radius 1 is 1.07 bits per heavy atom. The molecule has 144 valence electrons. The van der Waals surface area contributed by atoms with Crippen molar-refractivity contribution in [2.45, 2.75) is 17.2 Å². The van der Waals surface area contributed by atoms with Crippen LogP contribution in [0, 0.1) is 0 Å². The van der Waals surface area contributed by atoms with E-state index in [2.05, 4.69) is 5.32 Å². The summed E-state index contributed by atoms with van der Waals surface area (Å²) in [6.45, 7) is 0.740. The van der Waals surface area contributed by atoms with Gasteiger partial charge in [0.2, 0.25) is 0 Å². The van der Waals surface area contributed by atoms with E-state index in [-0.39, 0.29) is 5.91 Å². The molecule has 1 amide bonds. The zero-order valence-corrected chi connectivity index (χ0v) is 17.2. The molecular weight excluding hydrogens is 416 g/mol. The number of carbonyl (C=O) groups excluding carboxylic acids is 1. The second-order valence-electron chi connectivity index (χ2n) is 6.47. The minimum Gasteiger partial charge on any atom is -0.322 e. The molecular formula is C20H17ClN2O3S2. The first-order chi connectivity index (χ1) is 13.4. The van der Waals surface area contributed by atoms with Crippen LogP contribution in [0.4, 0.5) is 5.69 Å². The van der Waals surface area contributed by atoms with Crippen LogP contribution in [-0.2, 0) is 23.0 Å². The Kier molecular flexibility index (Phi) is 5.25. The number of sulfonamides is 1. The smallest absolute Gasteiger partial charge is 0.255 e. The summed E-state index contributed by atoms with van der Waals surface area (Å²) in [6.07, 6.45) is 0.644. The van der Waals surface area contributed by atoms with Crippen LogP contribution in [0.3, 0.4) is 0 Å². The lowest BCUT2D eigenvalue weighted by molar-refractivity contribution is 0.102. The Hall–Kier alpha value is -2.19. The molecule has 1 N–H and O–H groups in total. The highest BCUT2D eigenvalue weighted by Crippen LogP contribution is 2.29. The van der Waals surface area contributed by atoms with Gasteiger partial charge in [-0.2, -0.15) is 4.31 Å². The number of carbonyl (C=O) groups is 1. The predicted molar refractivity (Wildman–Crippen MR) is 111 cm³/mol. The number of nitrogens with one attached hydrogen (secondary N) is 1. The fourth-order valence-electron chi connectivity index (χ4n) is 3.16. The highest BCUT2D eigenvalue weighted by Gasteiger charge is 2.29. The zero-order chi connectivity index (χ0) is 19.7. The van der Waals surface area contributed by atoms with E-state index in [1.165, 1.54) is 15.6 Å². The fraction of sp³-hybridized carbons (Fsp3) is 0.150. The fourth-order valence-corrected chi connectivity index (χ4v) is 5.85. The molecule has 4 rings (SSSR count). The number of thiophene rings is 1. The van der Waals surface area contributed by atoms with Gasteiger partial charge in [-0.15, -0.1) is 11.3 Å². The molecule has 8 heteroatoms. The van der Waals surface area contributed by atoms with Gasteiger partial charge in [-0.05, 0) is 65.4 Å². The van der Waals surface area contributed by atoms with Gasteiger partial charge in [-0.1, -0.05) is 23.7 Å². The summed E-state index contributed by atoms with van der Waals surface area (Å²) >= 11 is 7.08. The Labute approximate surface area is 172 Å². The molecule has 0 atom stereocenters. The van der Waals surface area contributed by atoms with Gasteiger partial charge >= 0.3 is 0 Å². The highest BCUT2D eigenvalue weighted by molar-refractivity contribution is 7.91. The van der Waals surface area contributed by atoms with Crippen LogP contribution in [0.25, 0.3) is 0 Å². The number of anilines is 1. The lowest BCUT2D eigenvalue weighted by Crippen LogP contribution is -2.35. The van der Waals surface area contributed by atoms with Crippen molar-refractivity contribution in [1.82, 2.24) is 4.31 Å². The number of benzene rings is 2. The van der Waals surface area contributed by atoms with Gasteiger partial charge in [0, 0.05) is 29.4 Å². The number of hydrogen-bond acceptors (Lipinski definition) is 4. The van der Waals surface area contributed by atoms with Crippen molar-refractivity contribution in [3.8, 4) is 0 Å². The van der Waals surface area contributed by atoms with Crippen molar-refractivity contribution >= 4 is 44.6 Å². The number of fused-ring (bicyclic) bond motifs is 1. The molecule has 28 heavy (non-hydrogen) atoms. The van der Waals surface area contributed by atoms with E-state index >= 15 is 0 Å². The monoisotopic (exact) mass is 432 g/mol. The first-order valence-electron chi connectivity index (χ1n) is 8.66. The maximum Gasteiger partial charge on any atom is 0.255 e. The molecule has 0 radical (unpaired) electrons. The van der Waals surface area contributed by atoms with Crippen molar-refractivity contribution in [3.05, 3.63) is 81.7 Å². The van der Waals surface area contributed by atoms with Crippen LogP contribution < -0.4 is 5.32 Å². The summed E-state index contributed by atoms with van der Waals surface area (Å²) in [6, 6.07) is 15.6. The van der Waals surface area contributed by atoms with E-state index in [1.807, 2.05) is 18.2 Å². The van der Waals surface area contributed by atoms with Crippen molar-refractivity contribution < 1.29 is 13.2 Å². The molecule has 0 bridgehead atoms. The maximum absolute atomic E-state index is 12.8. The van der Waals surface area contributed by atoms with E-state index in [1.54, 1.807) is 41.8 Å². The van der Waals surface area contributed by atoms with Crippen LogP contribution in [-0.4, -0.2) is 25.2 Å². The third-order valence-electron chi connectivity index (χ3n) is 4.64. The van der Waals surface area contributed by atoms with Crippen LogP contribution >= 0.6 is 22.9 Å². The molecule has 1 aliphatic heterocycles. The molecule has 0 fully saturated rings. The van der Waals surface area contributed by atoms with E-state index in [0.717, 1.165) is 11.1 Å². The second kappa shape index (κ2) is 7.67. The van der Waals surface area contributed by atoms with Gasteiger partial charge in [0.25, 0.3) is 15.9 Å². The molecule has 5 nitrogen and oxygen atoms in total. The van der Waals surface area contributed by atoms with Gasteiger partial charge in [0.15, 0.2) is 0 Å². The zero-order valence-electron chi connectivity index (χ0n) is 14.8. The molecule has 2 heterocycles. The largest absolute Gasteiger partial charge is 0.322 e. The number of hydrogen-bond donors (Lipinski definition) is 1. The predicted octanol–water partition coefficient (Wildman–Crippen LogP) is 4.40. The summed E-state index contributed by atoms with van der Waals surface area (Å²) < 4.78 is 27.4. The molecule has 0 saturated carbocycles. The van der Waals surface area contributed by atoms with Gasteiger partial charge in [-0.3, -0.25) is 4.79 Å². The van der Waals surface area contributed by atoms with Gasteiger partial charge in [0.05, 0.1) is 0 Å². The van der Waals surface area contributed by atoms with E-state index in [0.29, 0.717) is 40.0 Å². The summed E-state index contributed by atoms with van der Waals surface area (Å²) in [5.41, 5.74) is 3.14. The van der Waals surface area contributed by atoms with E-state index in [9.17, 15) is 13.2 Å². The van der Waals surface area contributed by atoms with Gasteiger partial charge in [0.1, 0.15) is 4.21 Å². The summed E-state index contributed by atoms with van der Waals surface area (Å²) in [7, 11) is -3.49. The molecule has 0 aliphatic carbocycles. The molecule has 2 aromatic carbocycles. The summed E-state index contributed by atoms with van der Waals surface area (Å²) in [5.74, 6) is -0.240. The maximum atomic E-state index is 12.8. The van der Waals surface area contributed by atoms with Crippen molar-refractivity contribution in [3.63, 3.8) is 0 Å². The minimum absolute atomic E-state index is 0.240. The lowest BCUT2D eigenvalue weighted by atomic mass is 10.0. The summed E-state index contributed by atoms with van der Waals surface area (Å²) in [5, 5.41) is 5.19.